The van der Waals surface area contributed by atoms with E-state index in [1.54, 1.807) is 4.57 Å². The molecule has 1 aromatic heterocycles. The number of carbonyl (C=O) groups is 3. The number of carbonyl (C=O) groups excluding carboxylic acids is 1. The van der Waals surface area contributed by atoms with Gasteiger partial charge in [-0.15, -0.1) is 0 Å². The van der Waals surface area contributed by atoms with Crippen LogP contribution in [0, 0.1) is 0 Å². The molecule has 0 aliphatic carbocycles. The van der Waals surface area contributed by atoms with Crippen LogP contribution in [0.15, 0.2) is 79.0 Å². The molecular formula is C33H33NO6. The number of Topliss-reactive ketones (excluding diaryl/α,β-unsaturated/α-hetero) is 1. The number of para-hydroxylation sites is 2. The van der Waals surface area contributed by atoms with Crippen LogP contribution in [-0.4, -0.2) is 39.1 Å². The molecule has 1 heterocycles. The van der Waals surface area contributed by atoms with E-state index in [1.165, 1.54) is 0 Å². The van der Waals surface area contributed by atoms with Gasteiger partial charge in [0, 0.05) is 30.0 Å². The van der Waals surface area contributed by atoms with Crippen LogP contribution in [0.5, 0.6) is 5.75 Å². The summed E-state index contributed by atoms with van der Waals surface area (Å²) in [5.41, 5.74) is 4.19. The number of hydrogen-bond acceptors (Lipinski definition) is 4. The number of aromatic nitrogens is 1. The van der Waals surface area contributed by atoms with Crippen molar-refractivity contribution in [3.05, 3.63) is 101 Å². The molecule has 3 aromatic carbocycles. The standard InChI is InChI=1S/C33H33NO6/c35-30(13-4-5-21-40-28-10-2-1-3-11-28)25-18-15-24(16-19-25)17-20-26-8-6-12-29-27(9-7-14-31(36)37)22-34(33(26)29)23-32(38)39/h1-3,6,8,10-12,15-20,22H,4-5,7,9,13-14,21,23H2,(H,36,37)(H,38,39)/b20-17+. The largest absolute Gasteiger partial charge is 0.494 e. The predicted molar refractivity (Wildman–Crippen MR) is 156 cm³/mol. The Morgan fingerprint density at radius 1 is 0.775 bits per heavy atom. The van der Waals surface area contributed by atoms with Crippen LogP contribution < -0.4 is 4.74 Å². The molecule has 0 saturated carbocycles. The Bertz CT molecular complexity index is 1480. The van der Waals surface area contributed by atoms with Crippen LogP contribution in [0.25, 0.3) is 23.1 Å². The molecule has 7 heteroatoms. The number of hydrogen-bond donors (Lipinski definition) is 2. The topological polar surface area (TPSA) is 106 Å². The maximum Gasteiger partial charge on any atom is 0.323 e. The van der Waals surface area contributed by atoms with Gasteiger partial charge in [-0.05, 0) is 54.5 Å². The van der Waals surface area contributed by atoms with Gasteiger partial charge in [-0.25, -0.2) is 0 Å². The maximum absolute atomic E-state index is 12.6. The van der Waals surface area contributed by atoms with Gasteiger partial charge in [0.1, 0.15) is 12.3 Å². The van der Waals surface area contributed by atoms with E-state index in [2.05, 4.69) is 0 Å². The Hall–Kier alpha value is -4.65. The number of carboxylic acid groups (broad SMARTS) is 2. The van der Waals surface area contributed by atoms with Gasteiger partial charge in [0.05, 0.1) is 12.1 Å². The third kappa shape index (κ3) is 7.93. The first-order valence-corrected chi connectivity index (χ1v) is 13.4. The van der Waals surface area contributed by atoms with Crippen LogP contribution in [0.1, 0.15) is 59.2 Å². The van der Waals surface area contributed by atoms with Crippen LogP contribution in [0.3, 0.4) is 0 Å². The van der Waals surface area contributed by atoms with E-state index in [1.807, 2.05) is 91.1 Å². The van der Waals surface area contributed by atoms with Gasteiger partial charge in [0.25, 0.3) is 0 Å². The number of ether oxygens (including phenoxy) is 1. The van der Waals surface area contributed by atoms with Gasteiger partial charge in [-0.1, -0.05) is 72.8 Å². The molecule has 2 N–H and O–H groups in total. The molecule has 4 rings (SSSR count). The summed E-state index contributed by atoms with van der Waals surface area (Å²) in [6.45, 7) is 0.392. The van der Waals surface area contributed by atoms with E-state index in [0.29, 0.717) is 31.4 Å². The van der Waals surface area contributed by atoms with Crippen LogP contribution in [0.4, 0.5) is 0 Å². The lowest BCUT2D eigenvalue weighted by molar-refractivity contribution is -0.138. The van der Waals surface area contributed by atoms with E-state index in [0.717, 1.165) is 46.2 Å². The fraction of sp³-hybridized carbons (Fsp3) is 0.242. The molecule has 0 fully saturated rings. The van der Waals surface area contributed by atoms with Crippen molar-refractivity contribution in [1.29, 1.82) is 0 Å². The first kappa shape index (κ1) is 28.4. The first-order chi connectivity index (χ1) is 19.4. The second-order valence-electron chi connectivity index (χ2n) is 9.66. The molecule has 0 spiro atoms. The van der Waals surface area contributed by atoms with E-state index < -0.39 is 11.9 Å². The predicted octanol–water partition coefficient (Wildman–Crippen LogP) is 6.74. The second kappa shape index (κ2) is 13.9. The number of benzene rings is 3. The number of unbranched alkanes of at least 4 members (excludes halogenated alkanes) is 1. The summed E-state index contributed by atoms with van der Waals surface area (Å²) in [4.78, 5) is 35.1. The minimum Gasteiger partial charge on any atom is -0.494 e. The summed E-state index contributed by atoms with van der Waals surface area (Å²) >= 11 is 0. The molecule has 206 valence electrons. The zero-order valence-electron chi connectivity index (χ0n) is 22.3. The van der Waals surface area contributed by atoms with Gasteiger partial charge in [-0.3, -0.25) is 14.4 Å². The molecule has 4 aromatic rings. The van der Waals surface area contributed by atoms with Crippen LogP contribution >= 0.6 is 0 Å². The lowest BCUT2D eigenvalue weighted by Gasteiger charge is -2.06. The number of rotatable bonds is 15. The molecule has 0 aliphatic heterocycles. The Kier molecular flexibility index (Phi) is 9.88. The van der Waals surface area contributed by atoms with Gasteiger partial charge < -0.3 is 19.5 Å². The molecular weight excluding hydrogens is 506 g/mol. The summed E-state index contributed by atoms with van der Waals surface area (Å²) in [5.74, 6) is -0.863. The third-order valence-electron chi connectivity index (χ3n) is 6.65. The first-order valence-electron chi connectivity index (χ1n) is 13.4. The second-order valence-corrected chi connectivity index (χ2v) is 9.66. The van der Waals surface area contributed by atoms with Crippen molar-refractivity contribution < 1.29 is 29.3 Å². The van der Waals surface area contributed by atoms with Crippen LogP contribution in [0.2, 0.25) is 0 Å². The highest BCUT2D eigenvalue weighted by Gasteiger charge is 2.14. The highest BCUT2D eigenvalue weighted by molar-refractivity contribution is 5.97. The number of aliphatic carboxylic acids is 2. The van der Waals surface area contributed by atoms with Gasteiger partial charge in [-0.2, -0.15) is 0 Å². The molecule has 0 atom stereocenters. The van der Waals surface area contributed by atoms with Gasteiger partial charge in [0.2, 0.25) is 0 Å². The normalized spacial score (nSPS) is 11.2. The summed E-state index contributed by atoms with van der Waals surface area (Å²) < 4.78 is 7.39. The number of nitrogens with zero attached hydrogens (tertiary/aromatic N) is 1. The molecule has 40 heavy (non-hydrogen) atoms. The minimum absolute atomic E-state index is 0.0619. The lowest BCUT2D eigenvalue weighted by Crippen LogP contribution is -2.07. The van der Waals surface area contributed by atoms with Crippen molar-refractivity contribution in [2.24, 2.45) is 0 Å². The van der Waals surface area contributed by atoms with Crippen molar-refractivity contribution in [2.45, 2.75) is 45.1 Å². The fourth-order valence-corrected chi connectivity index (χ4v) is 4.70. The van der Waals surface area contributed by atoms with Gasteiger partial charge >= 0.3 is 11.9 Å². The molecule has 7 nitrogen and oxygen atoms in total. The van der Waals surface area contributed by atoms with E-state index in [4.69, 9.17) is 9.84 Å². The zero-order chi connectivity index (χ0) is 28.3. The highest BCUT2D eigenvalue weighted by Crippen LogP contribution is 2.28. The fourth-order valence-electron chi connectivity index (χ4n) is 4.70. The molecule has 0 amide bonds. The zero-order valence-corrected chi connectivity index (χ0v) is 22.3. The molecule has 0 aliphatic rings. The van der Waals surface area contributed by atoms with E-state index in [9.17, 15) is 19.5 Å². The average Bonchev–Trinajstić information content (AvgIpc) is 3.29. The van der Waals surface area contributed by atoms with Crippen molar-refractivity contribution in [3.63, 3.8) is 0 Å². The number of aryl methyl sites for hydroxylation is 1. The molecule has 0 radical (unpaired) electrons. The minimum atomic E-state index is -0.947. The van der Waals surface area contributed by atoms with E-state index in [-0.39, 0.29) is 18.7 Å². The lowest BCUT2D eigenvalue weighted by atomic mass is 10.0. The van der Waals surface area contributed by atoms with E-state index >= 15 is 0 Å². The Labute approximate surface area is 233 Å². The number of ketones is 1. The molecule has 0 unspecified atom stereocenters. The summed E-state index contributed by atoms with van der Waals surface area (Å²) in [5, 5.41) is 19.3. The number of fused-ring (bicyclic) bond motifs is 1. The van der Waals surface area contributed by atoms with Crippen molar-refractivity contribution in [3.8, 4) is 5.75 Å². The van der Waals surface area contributed by atoms with Crippen molar-refractivity contribution >= 4 is 40.8 Å². The smallest absolute Gasteiger partial charge is 0.323 e. The van der Waals surface area contributed by atoms with Crippen LogP contribution in [-0.2, 0) is 22.6 Å². The van der Waals surface area contributed by atoms with Crippen molar-refractivity contribution in [1.82, 2.24) is 4.57 Å². The summed E-state index contributed by atoms with van der Waals surface area (Å²) in [6.07, 6.45) is 8.80. The average molecular weight is 540 g/mol. The van der Waals surface area contributed by atoms with Crippen molar-refractivity contribution in [2.75, 3.05) is 6.61 Å². The monoisotopic (exact) mass is 539 g/mol. The molecule has 0 saturated heterocycles. The Morgan fingerprint density at radius 3 is 2.27 bits per heavy atom. The SMILES string of the molecule is O=C(O)CCCc1cn(CC(=O)O)c2c(/C=C/c3ccc(C(=O)CCCCOc4ccccc4)cc3)cccc12. The quantitative estimate of drug-likeness (QED) is 0.0985. The molecule has 0 bridgehead atoms. The Morgan fingerprint density at radius 2 is 1.55 bits per heavy atom. The Balaban J connectivity index is 1.39. The van der Waals surface area contributed by atoms with Gasteiger partial charge in [0.15, 0.2) is 5.78 Å². The summed E-state index contributed by atoms with van der Waals surface area (Å²) in [6, 6.07) is 22.9. The third-order valence-corrected chi connectivity index (χ3v) is 6.65. The maximum atomic E-state index is 12.6. The number of carboxylic acids is 2. The highest BCUT2D eigenvalue weighted by atomic mass is 16.5. The summed E-state index contributed by atoms with van der Waals surface area (Å²) in [7, 11) is 0.